The van der Waals surface area contributed by atoms with Gasteiger partial charge in [-0.05, 0) is 19.1 Å². The van der Waals surface area contributed by atoms with E-state index in [9.17, 15) is 4.79 Å². The van der Waals surface area contributed by atoms with Crippen molar-refractivity contribution in [3.05, 3.63) is 29.8 Å². The molecule has 0 aliphatic rings. The fourth-order valence-electron chi connectivity index (χ4n) is 2.16. The Kier molecular flexibility index (Phi) is 15.3. The number of hydrogen-bond donors (Lipinski definition) is 1. The number of rotatable bonds is 19. The first-order valence-corrected chi connectivity index (χ1v) is 9.57. The van der Waals surface area contributed by atoms with Gasteiger partial charge in [0.2, 0.25) is 0 Å². The second-order valence-corrected chi connectivity index (χ2v) is 5.75. The molecule has 0 radical (unpaired) electrons. The van der Waals surface area contributed by atoms with E-state index >= 15 is 0 Å². The van der Waals surface area contributed by atoms with Crippen molar-refractivity contribution in [3.8, 4) is 5.75 Å². The van der Waals surface area contributed by atoms with Crippen LogP contribution in [0.2, 0.25) is 0 Å². The molecule has 0 amide bonds. The fraction of sp³-hybridized carbons (Fsp3) is 0.650. The molecule has 0 saturated carbocycles. The Balaban J connectivity index is 1.83. The molecule has 0 unspecified atom stereocenters. The lowest BCUT2D eigenvalue weighted by Gasteiger charge is -2.10. The third-order valence-electron chi connectivity index (χ3n) is 3.50. The van der Waals surface area contributed by atoms with Gasteiger partial charge in [-0.25, -0.2) is 0 Å². The number of para-hydroxylation sites is 1. The molecule has 1 rings (SSSR count). The molecule has 0 aromatic heterocycles. The van der Waals surface area contributed by atoms with Gasteiger partial charge in [-0.3, -0.25) is 4.79 Å². The van der Waals surface area contributed by atoms with Crippen molar-refractivity contribution in [2.75, 3.05) is 79.2 Å². The van der Waals surface area contributed by atoms with Crippen LogP contribution in [-0.2, 0) is 23.7 Å². The van der Waals surface area contributed by atoms with Gasteiger partial charge in [-0.1, -0.05) is 12.1 Å². The van der Waals surface area contributed by atoms with Crippen molar-refractivity contribution >= 4 is 5.78 Å². The molecule has 0 saturated heterocycles. The van der Waals surface area contributed by atoms with Gasteiger partial charge >= 0.3 is 0 Å². The van der Waals surface area contributed by atoms with Crippen LogP contribution >= 0.6 is 0 Å². The Morgan fingerprint density at radius 1 is 0.714 bits per heavy atom. The highest BCUT2D eigenvalue weighted by Gasteiger charge is 2.06. The molecule has 0 aliphatic heterocycles. The second-order valence-electron chi connectivity index (χ2n) is 5.75. The van der Waals surface area contributed by atoms with Crippen LogP contribution < -0.4 is 10.5 Å². The van der Waals surface area contributed by atoms with E-state index in [1.165, 1.54) is 6.92 Å². The molecule has 8 nitrogen and oxygen atoms in total. The summed E-state index contributed by atoms with van der Waals surface area (Å²) in [6.07, 6.45) is 0. The molecule has 1 aromatic rings. The number of ketones is 1. The van der Waals surface area contributed by atoms with E-state index in [0.29, 0.717) is 90.5 Å². The summed E-state index contributed by atoms with van der Waals surface area (Å²) in [7, 11) is 0. The summed E-state index contributed by atoms with van der Waals surface area (Å²) in [6, 6.07) is 7.18. The molecule has 0 spiro atoms. The van der Waals surface area contributed by atoms with Crippen LogP contribution in [-0.4, -0.2) is 85.0 Å². The molecular weight excluding hydrogens is 366 g/mol. The topological polar surface area (TPSA) is 98.5 Å². The molecule has 0 atom stereocenters. The smallest absolute Gasteiger partial charge is 0.163 e. The SMILES string of the molecule is CC(=O)c1ccccc1OCCOCCOCCOCCOCCOCCN. The minimum absolute atomic E-state index is 0.0183. The minimum atomic E-state index is -0.0183. The van der Waals surface area contributed by atoms with E-state index in [4.69, 9.17) is 34.2 Å². The molecule has 1 aromatic carbocycles. The van der Waals surface area contributed by atoms with Crippen LogP contribution in [0.1, 0.15) is 17.3 Å². The second kappa shape index (κ2) is 17.5. The summed E-state index contributed by atoms with van der Waals surface area (Å²) in [6.45, 7) is 7.54. The Hall–Kier alpha value is -1.55. The Bertz CT molecular complexity index is 513. The zero-order valence-electron chi connectivity index (χ0n) is 16.7. The van der Waals surface area contributed by atoms with Gasteiger partial charge in [0.1, 0.15) is 12.4 Å². The average molecular weight is 399 g/mol. The highest BCUT2D eigenvalue weighted by Crippen LogP contribution is 2.18. The molecule has 0 bridgehead atoms. The number of nitrogens with two attached hydrogens (primary N) is 1. The lowest BCUT2D eigenvalue weighted by Crippen LogP contribution is -2.15. The lowest BCUT2D eigenvalue weighted by atomic mass is 10.1. The van der Waals surface area contributed by atoms with E-state index in [-0.39, 0.29) is 5.78 Å². The van der Waals surface area contributed by atoms with E-state index in [2.05, 4.69) is 0 Å². The summed E-state index contributed by atoms with van der Waals surface area (Å²) in [5.74, 6) is 0.564. The van der Waals surface area contributed by atoms with Crippen LogP contribution in [0.4, 0.5) is 0 Å². The fourth-order valence-corrected chi connectivity index (χ4v) is 2.16. The number of ether oxygens (including phenoxy) is 6. The maximum atomic E-state index is 11.5. The third-order valence-corrected chi connectivity index (χ3v) is 3.50. The molecular formula is C20H33NO7. The van der Waals surface area contributed by atoms with Crippen molar-refractivity contribution in [3.63, 3.8) is 0 Å². The monoisotopic (exact) mass is 399 g/mol. The van der Waals surface area contributed by atoms with Gasteiger partial charge in [0.15, 0.2) is 5.78 Å². The highest BCUT2D eigenvalue weighted by molar-refractivity contribution is 5.96. The van der Waals surface area contributed by atoms with Crippen LogP contribution in [0.15, 0.2) is 24.3 Å². The van der Waals surface area contributed by atoms with E-state index < -0.39 is 0 Å². The van der Waals surface area contributed by atoms with E-state index in [1.807, 2.05) is 12.1 Å². The van der Waals surface area contributed by atoms with Gasteiger partial charge in [0.25, 0.3) is 0 Å². The molecule has 8 heteroatoms. The third kappa shape index (κ3) is 12.8. The van der Waals surface area contributed by atoms with Crippen molar-refractivity contribution < 1.29 is 33.2 Å². The highest BCUT2D eigenvalue weighted by atomic mass is 16.6. The zero-order valence-corrected chi connectivity index (χ0v) is 16.7. The van der Waals surface area contributed by atoms with Crippen LogP contribution in [0.25, 0.3) is 0 Å². The van der Waals surface area contributed by atoms with Crippen LogP contribution in [0, 0.1) is 0 Å². The summed E-state index contributed by atoms with van der Waals surface area (Å²) < 4.78 is 32.3. The van der Waals surface area contributed by atoms with E-state index in [0.717, 1.165) is 0 Å². The minimum Gasteiger partial charge on any atom is -0.490 e. The Morgan fingerprint density at radius 3 is 1.61 bits per heavy atom. The van der Waals surface area contributed by atoms with Crippen molar-refractivity contribution in [1.82, 2.24) is 0 Å². The summed E-state index contributed by atoms with van der Waals surface area (Å²) in [5, 5.41) is 0. The first-order chi connectivity index (χ1) is 13.8. The maximum Gasteiger partial charge on any atom is 0.163 e. The van der Waals surface area contributed by atoms with Gasteiger partial charge in [0, 0.05) is 6.54 Å². The van der Waals surface area contributed by atoms with Crippen molar-refractivity contribution in [2.45, 2.75) is 6.92 Å². The molecule has 0 fully saturated rings. The first-order valence-electron chi connectivity index (χ1n) is 9.57. The van der Waals surface area contributed by atoms with E-state index in [1.54, 1.807) is 12.1 Å². The quantitative estimate of drug-likeness (QED) is 0.275. The number of carbonyl (C=O) groups is 1. The standard InChI is InChI=1S/C20H33NO7/c1-18(22)19-4-2-3-5-20(19)28-17-16-27-15-14-26-13-12-25-11-10-24-9-8-23-7-6-21/h2-5H,6-17,21H2,1H3. The van der Waals surface area contributed by atoms with Gasteiger partial charge in [-0.2, -0.15) is 0 Å². The van der Waals surface area contributed by atoms with Gasteiger partial charge < -0.3 is 34.2 Å². The van der Waals surface area contributed by atoms with Crippen molar-refractivity contribution in [1.29, 1.82) is 0 Å². The van der Waals surface area contributed by atoms with Gasteiger partial charge in [-0.15, -0.1) is 0 Å². The number of Topliss-reactive ketones (excluding diaryl/α,β-unsaturated/α-hetero) is 1. The van der Waals surface area contributed by atoms with Crippen LogP contribution in [0.5, 0.6) is 5.75 Å². The largest absolute Gasteiger partial charge is 0.490 e. The number of carbonyl (C=O) groups excluding carboxylic acids is 1. The maximum absolute atomic E-state index is 11.5. The molecule has 2 N–H and O–H groups in total. The first kappa shape index (κ1) is 24.5. The molecule has 0 heterocycles. The molecule has 0 aliphatic carbocycles. The number of hydrogen-bond acceptors (Lipinski definition) is 8. The number of benzene rings is 1. The summed E-state index contributed by atoms with van der Waals surface area (Å²) >= 11 is 0. The predicted molar refractivity (Wildman–Crippen MR) is 105 cm³/mol. The Labute approximate surface area is 167 Å². The predicted octanol–water partition coefficient (Wildman–Crippen LogP) is 1.31. The van der Waals surface area contributed by atoms with Gasteiger partial charge in [0.05, 0.1) is 71.6 Å². The average Bonchev–Trinajstić information content (AvgIpc) is 2.70. The van der Waals surface area contributed by atoms with Crippen molar-refractivity contribution in [2.24, 2.45) is 5.73 Å². The normalized spacial score (nSPS) is 10.9. The summed E-state index contributed by atoms with van der Waals surface area (Å²) in [5.41, 5.74) is 5.88. The zero-order chi connectivity index (χ0) is 20.3. The molecule has 160 valence electrons. The summed E-state index contributed by atoms with van der Waals surface area (Å²) in [4.78, 5) is 11.5. The lowest BCUT2D eigenvalue weighted by molar-refractivity contribution is -0.0122. The van der Waals surface area contributed by atoms with Crippen LogP contribution in [0.3, 0.4) is 0 Å². The molecule has 28 heavy (non-hydrogen) atoms. The Morgan fingerprint density at radius 2 is 1.14 bits per heavy atom.